The Morgan fingerprint density at radius 3 is 2.63 bits per heavy atom. The van der Waals surface area contributed by atoms with E-state index in [1.54, 1.807) is 6.20 Å². The van der Waals surface area contributed by atoms with E-state index in [-0.39, 0.29) is 0 Å². The molecule has 0 aliphatic carbocycles. The summed E-state index contributed by atoms with van der Waals surface area (Å²) < 4.78 is 0. The summed E-state index contributed by atoms with van der Waals surface area (Å²) in [5.74, 6) is 1.96. The maximum Gasteiger partial charge on any atom is 0.248 e. The molecule has 0 aliphatic rings. The smallest absolute Gasteiger partial charge is 0.248 e. The van der Waals surface area contributed by atoms with Gasteiger partial charge in [-0.25, -0.2) is 4.98 Å². The molecular formula is C14H13N5. The minimum absolute atomic E-state index is 0.509. The van der Waals surface area contributed by atoms with E-state index in [1.165, 1.54) is 5.56 Å². The number of pyridine rings is 1. The first-order valence-electron chi connectivity index (χ1n) is 5.99. The lowest BCUT2D eigenvalue weighted by molar-refractivity contribution is 1.09. The van der Waals surface area contributed by atoms with E-state index in [2.05, 4.69) is 32.4 Å². The van der Waals surface area contributed by atoms with Crippen molar-refractivity contribution in [2.24, 2.45) is 0 Å². The van der Waals surface area contributed by atoms with Gasteiger partial charge in [0, 0.05) is 11.8 Å². The maximum atomic E-state index is 4.39. The van der Waals surface area contributed by atoms with E-state index < -0.39 is 0 Å². The van der Waals surface area contributed by atoms with Crippen molar-refractivity contribution >= 4 is 11.8 Å². The van der Waals surface area contributed by atoms with Crippen LogP contribution in [-0.4, -0.2) is 20.2 Å². The molecule has 2 N–H and O–H groups in total. The second-order valence-electron chi connectivity index (χ2n) is 4.21. The molecule has 0 radical (unpaired) electrons. The summed E-state index contributed by atoms with van der Waals surface area (Å²) >= 11 is 0. The molecule has 0 atom stereocenters. The summed E-state index contributed by atoms with van der Waals surface area (Å²) in [5.41, 5.74) is 2.22. The van der Waals surface area contributed by atoms with Gasteiger partial charge >= 0.3 is 0 Å². The Morgan fingerprint density at radius 2 is 1.89 bits per heavy atom. The molecule has 0 saturated carbocycles. The molecule has 2 heterocycles. The van der Waals surface area contributed by atoms with E-state index in [4.69, 9.17) is 0 Å². The van der Waals surface area contributed by atoms with Crippen LogP contribution >= 0.6 is 0 Å². The highest BCUT2D eigenvalue weighted by molar-refractivity contribution is 5.58. The number of benzene rings is 1. The molecule has 5 nitrogen and oxygen atoms in total. The minimum Gasteiger partial charge on any atom is -0.307 e. The zero-order valence-corrected chi connectivity index (χ0v) is 10.5. The highest BCUT2D eigenvalue weighted by Gasteiger charge is 2.05. The van der Waals surface area contributed by atoms with Gasteiger partial charge in [-0.1, -0.05) is 35.9 Å². The van der Waals surface area contributed by atoms with E-state index in [1.807, 2.05) is 42.5 Å². The average molecular weight is 251 g/mol. The molecular weight excluding hydrogens is 238 g/mol. The lowest BCUT2D eigenvalue weighted by Crippen LogP contribution is -1.94. The normalized spacial score (nSPS) is 10.4. The number of H-pyrrole nitrogens is 1. The van der Waals surface area contributed by atoms with Crippen LogP contribution in [0.25, 0.3) is 11.4 Å². The molecule has 0 aliphatic heterocycles. The molecule has 94 valence electrons. The monoisotopic (exact) mass is 251 g/mol. The average Bonchev–Trinajstić information content (AvgIpc) is 2.89. The van der Waals surface area contributed by atoms with Gasteiger partial charge in [-0.2, -0.15) is 4.98 Å². The molecule has 0 bridgehead atoms. The number of aromatic amines is 1. The predicted octanol–water partition coefficient (Wildman–Crippen LogP) is 2.92. The Bertz CT molecular complexity index is 658. The van der Waals surface area contributed by atoms with Gasteiger partial charge in [-0.15, -0.1) is 5.10 Å². The third kappa shape index (κ3) is 2.60. The van der Waals surface area contributed by atoms with Gasteiger partial charge in [0.1, 0.15) is 5.82 Å². The molecule has 0 spiro atoms. The number of nitrogens with zero attached hydrogens (tertiary/aromatic N) is 3. The van der Waals surface area contributed by atoms with E-state index in [0.29, 0.717) is 5.95 Å². The lowest BCUT2D eigenvalue weighted by Gasteiger charge is -1.98. The van der Waals surface area contributed by atoms with Crippen LogP contribution in [0, 0.1) is 6.92 Å². The SMILES string of the molecule is Cc1ccc(-c2nc(Nc3ccccn3)n[nH]2)cc1. The number of aryl methyl sites for hydroxylation is 1. The largest absolute Gasteiger partial charge is 0.307 e. The fourth-order valence-electron chi connectivity index (χ4n) is 1.71. The molecule has 0 amide bonds. The van der Waals surface area contributed by atoms with Crippen molar-refractivity contribution in [3.63, 3.8) is 0 Å². The molecule has 5 heteroatoms. The third-order valence-electron chi connectivity index (χ3n) is 2.72. The van der Waals surface area contributed by atoms with Crippen molar-refractivity contribution in [1.29, 1.82) is 0 Å². The number of hydrogen-bond acceptors (Lipinski definition) is 4. The molecule has 3 aromatic rings. The van der Waals surface area contributed by atoms with Crippen LogP contribution in [0.2, 0.25) is 0 Å². The Hall–Kier alpha value is -2.69. The van der Waals surface area contributed by atoms with Crippen LogP contribution in [-0.2, 0) is 0 Å². The number of rotatable bonds is 3. The Balaban J connectivity index is 1.82. The van der Waals surface area contributed by atoms with Gasteiger partial charge in [0.25, 0.3) is 0 Å². The van der Waals surface area contributed by atoms with Crippen molar-refractivity contribution in [1.82, 2.24) is 20.2 Å². The molecule has 0 fully saturated rings. The first-order valence-corrected chi connectivity index (χ1v) is 5.99. The fraction of sp³-hybridized carbons (Fsp3) is 0.0714. The van der Waals surface area contributed by atoms with Gasteiger partial charge in [-0.05, 0) is 19.1 Å². The molecule has 1 aromatic carbocycles. The van der Waals surface area contributed by atoms with Crippen LogP contribution in [0.3, 0.4) is 0 Å². The van der Waals surface area contributed by atoms with Crippen molar-refractivity contribution in [2.45, 2.75) is 6.92 Å². The maximum absolute atomic E-state index is 4.39. The highest BCUT2D eigenvalue weighted by Crippen LogP contribution is 2.17. The van der Waals surface area contributed by atoms with Gasteiger partial charge < -0.3 is 5.32 Å². The standard InChI is InChI=1S/C14H13N5/c1-10-5-7-11(8-6-10)13-17-14(19-18-13)16-12-4-2-3-9-15-12/h2-9H,1H3,(H2,15,16,17,18,19). The number of nitrogens with one attached hydrogen (secondary N) is 2. The van der Waals surface area contributed by atoms with Gasteiger partial charge in [0.15, 0.2) is 5.82 Å². The van der Waals surface area contributed by atoms with Crippen molar-refractivity contribution in [2.75, 3.05) is 5.32 Å². The van der Waals surface area contributed by atoms with Gasteiger partial charge in [0.2, 0.25) is 5.95 Å². The van der Waals surface area contributed by atoms with Crippen LogP contribution in [0.1, 0.15) is 5.56 Å². The molecule has 19 heavy (non-hydrogen) atoms. The van der Waals surface area contributed by atoms with Crippen LogP contribution in [0.5, 0.6) is 0 Å². The molecule has 0 unspecified atom stereocenters. The number of hydrogen-bond donors (Lipinski definition) is 2. The zero-order valence-electron chi connectivity index (χ0n) is 10.5. The quantitative estimate of drug-likeness (QED) is 0.751. The number of aromatic nitrogens is 4. The summed E-state index contributed by atoms with van der Waals surface area (Å²) in [6.45, 7) is 2.05. The fourth-order valence-corrected chi connectivity index (χ4v) is 1.71. The highest BCUT2D eigenvalue weighted by atomic mass is 15.3. The molecule has 2 aromatic heterocycles. The zero-order chi connectivity index (χ0) is 13.1. The second kappa shape index (κ2) is 4.89. The van der Waals surface area contributed by atoms with Gasteiger partial charge in [-0.3, -0.25) is 5.10 Å². The summed E-state index contributed by atoms with van der Waals surface area (Å²) in [5, 5.41) is 10.1. The van der Waals surface area contributed by atoms with E-state index >= 15 is 0 Å². The van der Waals surface area contributed by atoms with Crippen molar-refractivity contribution in [3.8, 4) is 11.4 Å². The third-order valence-corrected chi connectivity index (χ3v) is 2.72. The lowest BCUT2D eigenvalue weighted by atomic mass is 10.1. The van der Waals surface area contributed by atoms with Gasteiger partial charge in [0.05, 0.1) is 0 Å². The summed E-state index contributed by atoms with van der Waals surface area (Å²) in [6.07, 6.45) is 1.72. The van der Waals surface area contributed by atoms with Crippen LogP contribution < -0.4 is 5.32 Å². The predicted molar refractivity (Wildman–Crippen MR) is 74.1 cm³/mol. The first-order chi connectivity index (χ1) is 9.31. The first kappa shape index (κ1) is 11.4. The summed E-state index contributed by atoms with van der Waals surface area (Å²) in [7, 11) is 0. The second-order valence-corrected chi connectivity index (χ2v) is 4.21. The Kier molecular flexibility index (Phi) is 2.94. The minimum atomic E-state index is 0.509. The molecule has 3 rings (SSSR count). The van der Waals surface area contributed by atoms with E-state index in [9.17, 15) is 0 Å². The van der Waals surface area contributed by atoms with Crippen LogP contribution in [0.15, 0.2) is 48.7 Å². The van der Waals surface area contributed by atoms with Crippen LogP contribution in [0.4, 0.5) is 11.8 Å². The van der Waals surface area contributed by atoms with Crippen molar-refractivity contribution in [3.05, 3.63) is 54.2 Å². The number of anilines is 2. The topological polar surface area (TPSA) is 66.5 Å². The van der Waals surface area contributed by atoms with Crippen molar-refractivity contribution < 1.29 is 0 Å². The van der Waals surface area contributed by atoms with E-state index in [0.717, 1.165) is 17.2 Å². The Labute approximate surface area is 110 Å². The Morgan fingerprint density at radius 1 is 1.05 bits per heavy atom. The molecule has 0 saturated heterocycles. The summed E-state index contributed by atoms with van der Waals surface area (Å²) in [6, 6.07) is 13.7. The summed E-state index contributed by atoms with van der Waals surface area (Å²) in [4.78, 5) is 8.55.